The largest absolute Gasteiger partial charge is 0.356 e. The fraction of sp³-hybridized carbons (Fsp3) is 0.500. The molecule has 8 heteroatoms. The van der Waals surface area contributed by atoms with Gasteiger partial charge in [0.05, 0.1) is 0 Å². The standard InChI is InChI=1S/C14H19N3O3S.ClH/c1-10-6-7-15-8-12(10)17-21(18,19)9-13-11-4-2-3-5-14(11)20-16-13;/h2-5,10,12,15,17H,6-9H2,1H3;1H. The number of hydrogen-bond acceptors (Lipinski definition) is 5. The van der Waals surface area contributed by atoms with E-state index >= 15 is 0 Å². The van der Waals surface area contributed by atoms with Gasteiger partial charge in [0.25, 0.3) is 0 Å². The second kappa shape index (κ2) is 6.95. The SMILES string of the molecule is CC1CCNCC1NS(=O)(=O)Cc1noc2ccccc12.Cl. The quantitative estimate of drug-likeness (QED) is 0.880. The van der Waals surface area contributed by atoms with Gasteiger partial charge < -0.3 is 9.84 Å². The van der Waals surface area contributed by atoms with Crippen molar-refractivity contribution in [1.29, 1.82) is 0 Å². The Kier molecular flexibility index (Phi) is 5.44. The van der Waals surface area contributed by atoms with Crippen LogP contribution in [0, 0.1) is 5.92 Å². The molecule has 1 saturated heterocycles. The number of nitrogens with zero attached hydrogens (tertiary/aromatic N) is 1. The van der Waals surface area contributed by atoms with E-state index < -0.39 is 10.0 Å². The van der Waals surface area contributed by atoms with Crippen molar-refractivity contribution < 1.29 is 12.9 Å². The lowest BCUT2D eigenvalue weighted by Crippen LogP contribution is -2.50. The number of sulfonamides is 1. The maximum absolute atomic E-state index is 12.3. The summed E-state index contributed by atoms with van der Waals surface area (Å²) < 4.78 is 32.6. The van der Waals surface area contributed by atoms with Crippen molar-refractivity contribution in [3.63, 3.8) is 0 Å². The molecule has 1 aliphatic rings. The lowest BCUT2D eigenvalue weighted by atomic mass is 9.96. The van der Waals surface area contributed by atoms with Gasteiger partial charge in [0.1, 0.15) is 11.4 Å². The Morgan fingerprint density at radius 2 is 2.18 bits per heavy atom. The van der Waals surface area contributed by atoms with Crippen molar-refractivity contribution in [2.45, 2.75) is 25.1 Å². The van der Waals surface area contributed by atoms with Gasteiger partial charge in [-0.05, 0) is 31.0 Å². The molecule has 1 fully saturated rings. The predicted molar refractivity (Wildman–Crippen MR) is 87.5 cm³/mol. The zero-order valence-electron chi connectivity index (χ0n) is 12.3. The fourth-order valence-corrected chi connectivity index (χ4v) is 4.07. The molecule has 0 bridgehead atoms. The number of piperidine rings is 1. The number of para-hydroxylation sites is 1. The fourth-order valence-electron chi connectivity index (χ4n) is 2.64. The molecule has 2 N–H and O–H groups in total. The first-order valence-corrected chi connectivity index (χ1v) is 8.74. The smallest absolute Gasteiger partial charge is 0.217 e. The Morgan fingerprint density at radius 1 is 1.41 bits per heavy atom. The van der Waals surface area contributed by atoms with E-state index in [4.69, 9.17) is 4.52 Å². The summed E-state index contributed by atoms with van der Waals surface area (Å²) in [4.78, 5) is 0. The van der Waals surface area contributed by atoms with E-state index in [0.717, 1.165) is 18.4 Å². The van der Waals surface area contributed by atoms with Gasteiger partial charge in [-0.2, -0.15) is 0 Å². The van der Waals surface area contributed by atoms with Crippen LogP contribution in [0.15, 0.2) is 28.8 Å². The highest BCUT2D eigenvalue weighted by Gasteiger charge is 2.26. The van der Waals surface area contributed by atoms with Gasteiger partial charge in [-0.25, -0.2) is 13.1 Å². The average molecular weight is 346 g/mol. The number of nitrogens with one attached hydrogen (secondary N) is 2. The van der Waals surface area contributed by atoms with Gasteiger partial charge in [-0.15, -0.1) is 12.4 Å². The zero-order chi connectivity index (χ0) is 14.9. The number of halogens is 1. The number of fused-ring (bicyclic) bond motifs is 1. The van der Waals surface area contributed by atoms with E-state index in [0.29, 0.717) is 23.7 Å². The molecular weight excluding hydrogens is 326 g/mol. The van der Waals surface area contributed by atoms with Gasteiger partial charge in [-0.1, -0.05) is 24.2 Å². The van der Waals surface area contributed by atoms with E-state index in [9.17, 15) is 8.42 Å². The third kappa shape index (κ3) is 3.78. The molecule has 22 heavy (non-hydrogen) atoms. The number of benzene rings is 1. The molecule has 2 aromatic rings. The van der Waals surface area contributed by atoms with Crippen LogP contribution in [0.1, 0.15) is 19.0 Å². The number of hydrogen-bond donors (Lipinski definition) is 2. The van der Waals surface area contributed by atoms with Crippen molar-refractivity contribution in [3.8, 4) is 0 Å². The summed E-state index contributed by atoms with van der Waals surface area (Å²) in [5.74, 6) is 0.169. The van der Waals surface area contributed by atoms with Crippen LogP contribution in [-0.4, -0.2) is 32.7 Å². The number of aromatic nitrogens is 1. The average Bonchev–Trinajstić information content (AvgIpc) is 2.84. The molecule has 2 heterocycles. The Bertz CT molecular complexity index is 732. The molecule has 0 saturated carbocycles. The van der Waals surface area contributed by atoms with E-state index in [1.165, 1.54) is 0 Å². The van der Waals surface area contributed by atoms with Gasteiger partial charge in [0.2, 0.25) is 10.0 Å². The van der Waals surface area contributed by atoms with Crippen LogP contribution in [-0.2, 0) is 15.8 Å². The molecule has 2 unspecified atom stereocenters. The maximum atomic E-state index is 12.3. The normalized spacial score (nSPS) is 22.4. The van der Waals surface area contributed by atoms with Crippen LogP contribution < -0.4 is 10.0 Å². The molecule has 0 amide bonds. The second-order valence-electron chi connectivity index (χ2n) is 5.58. The molecule has 122 valence electrons. The molecule has 6 nitrogen and oxygen atoms in total. The van der Waals surface area contributed by atoms with Crippen LogP contribution in [0.2, 0.25) is 0 Å². The van der Waals surface area contributed by atoms with Crippen molar-refractivity contribution in [2.24, 2.45) is 5.92 Å². The van der Waals surface area contributed by atoms with Crippen LogP contribution in [0.4, 0.5) is 0 Å². The predicted octanol–water partition coefficient (Wildman–Crippen LogP) is 1.67. The van der Waals surface area contributed by atoms with Crippen molar-refractivity contribution in [1.82, 2.24) is 15.2 Å². The van der Waals surface area contributed by atoms with Gasteiger partial charge in [0, 0.05) is 18.0 Å². The molecule has 0 radical (unpaired) electrons. The zero-order valence-corrected chi connectivity index (χ0v) is 13.9. The van der Waals surface area contributed by atoms with Crippen molar-refractivity contribution >= 4 is 33.4 Å². The summed E-state index contributed by atoms with van der Waals surface area (Å²) in [6.07, 6.45) is 0.972. The second-order valence-corrected chi connectivity index (χ2v) is 7.33. The van der Waals surface area contributed by atoms with Gasteiger partial charge in [0.15, 0.2) is 5.58 Å². The highest BCUT2D eigenvalue weighted by Crippen LogP contribution is 2.20. The highest BCUT2D eigenvalue weighted by atomic mass is 35.5. The third-order valence-electron chi connectivity index (χ3n) is 3.94. The Morgan fingerprint density at radius 3 is 2.95 bits per heavy atom. The Labute approximate surface area is 136 Å². The highest BCUT2D eigenvalue weighted by molar-refractivity contribution is 7.88. The molecule has 0 aliphatic carbocycles. The monoisotopic (exact) mass is 345 g/mol. The van der Waals surface area contributed by atoms with Crippen LogP contribution in [0.25, 0.3) is 11.0 Å². The van der Waals surface area contributed by atoms with Gasteiger partial charge in [-0.3, -0.25) is 0 Å². The Hall–Kier alpha value is -1.15. The van der Waals surface area contributed by atoms with Crippen LogP contribution in [0.5, 0.6) is 0 Å². The molecule has 1 aliphatic heterocycles. The molecule has 1 aromatic carbocycles. The maximum Gasteiger partial charge on any atom is 0.217 e. The molecule has 2 atom stereocenters. The van der Waals surface area contributed by atoms with E-state index in [-0.39, 0.29) is 24.2 Å². The minimum absolute atomic E-state index is 0. The summed E-state index contributed by atoms with van der Waals surface area (Å²) in [7, 11) is -3.44. The van der Waals surface area contributed by atoms with Gasteiger partial charge >= 0.3 is 0 Å². The lowest BCUT2D eigenvalue weighted by molar-refractivity contribution is 0.327. The Balaban J connectivity index is 0.00000176. The van der Waals surface area contributed by atoms with Crippen molar-refractivity contribution in [3.05, 3.63) is 30.0 Å². The summed E-state index contributed by atoms with van der Waals surface area (Å²) in [6.45, 7) is 3.67. The van der Waals surface area contributed by atoms with E-state index in [1.54, 1.807) is 6.07 Å². The third-order valence-corrected chi connectivity index (χ3v) is 5.25. The molecule has 1 aromatic heterocycles. The molecule has 3 rings (SSSR count). The minimum Gasteiger partial charge on any atom is -0.356 e. The van der Waals surface area contributed by atoms with E-state index in [2.05, 4.69) is 22.1 Å². The topological polar surface area (TPSA) is 84.2 Å². The minimum atomic E-state index is -3.44. The first-order valence-electron chi connectivity index (χ1n) is 7.09. The van der Waals surface area contributed by atoms with Crippen LogP contribution in [0.3, 0.4) is 0 Å². The number of rotatable bonds is 4. The summed E-state index contributed by atoms with van der Waals surface area (Å²) in [6, 6.07) is 7.21. The molecule has 0 spiro atoms. The summed E-state index contributed by atoms with van der Waals surface area (Å²) in [5, 5.41) is 7.85. The summed E-state index contributed by atoms with van der Waals surface area (Å²) in [5.41, 5.74) is 1.06. The first kappa shape index (κ1) is 17.2. The van der Waals surface area contributed by atoms with Crippen molar-refractivity contribution in [2.75, 3.05) is 13.1 Å². The first-order chi connectivity index (χ1) is 10.1. The lowest BCUT2D eigenvalue weighted by Gasteiger charge is -2.29. The molecular formula is C14H20ClN3O3S. The van der Waals surface area contributed by atoms with E-state index in [1.807, 2.05) is 18.2 Å². The summed E-state index contributed by atoms with van der Waals surface area (Å²) >= 11 is 0. The van der Waals surface area contributed by atoms with Crippen LogP contribution >= 0.6 is 12.4 Å².